The summed E-state index contributed by atoms with van der Waals surface area (Å²) in [5.74, 6) is -0.294. The van der Waals surface area contributed by atoms with Gasteiger partial charge in [0.05, 0.1) is 17.3 Å². The van der Waals surface area contributed by atoms with E-state index < -0.39 is 0 Å². The lowest BCUT2D eigenvalue weighted by molar-refractivity contribution is 0.626. The van der Waals surface area contributed by atoms with Gasteiger partial charge in [0, 0.05) is 6.04 Å². The maximum atomic E-state index is 13.0. The van der Waals surface area contributed by atoms with Crippen molar-refractivity contribution in [1.82, 2.24) is 15.2 Å². The fourth-order valence-electron chi connectivity index (χ4n) is 2.24. The number of aromatic amines is 1. The second-order valence-electron chi connectivity index (χ2n) is 4.81. The zero-order valence-corrected chi connectivity index (χ0v) is 12.3. The van der Waals surface area contributed by atoms with Gasteiger partial charge in [0.25, 0.3) is 0 Å². The van der Waals surface area contributed by atoms with Crippen LogP contribution in [-0.2, 0) is 0 Å². The molecule has 0 saturated heterocycles. The number of pyridine rings is 1. The van der Waals surface area contributed by atoms with Crippen molar-refractivity contribution >= 4 is 28.3 Å². The number of benzene rings is 1. The van der Waals surface area contributed by atoms with Crippen LogP contribution in [0, 0.1) is 17.1 Å². The van der Waals surface area contributed by atoms with Gasteiger partial charge in [-0.15, -0.1) is 0 Å². The average Bonchev–Trinajstić information content (AvgIpc) is 2.96. The fourth-order valence-corrected chi connectivity index (χ4v) is 2.46. The monoisotopic (exact) mass is 315 g/mol. The minimum absolute atomic E-state index is 0.105. The number of hydrogen-bond acceptors (Lipinski definition) is 4. The van der Waals surface area contributed by atoms with E-state index in [-0.39, 0.29) is 22.6 Å². The number of halogens is 2. The van der Waals surface area contributed by atoms with E-state index in [4.69, 9.17) is 11.6 Å². The first-order valence-electron chi connectivity index (χ1n) is 6.55. The SMILES string of the molecule is C[C@H](Nc1c(C#N)c(Cl)nc2[nH]ncc12)c1ccc(F)cc1. The lowest BCUT2D eigenvalue weighted by atomic mass is 10.1. The molecule has 2 aromatic heterocycles. The molecule has 0 aliphatic carbocycles. The minimum atomic E-state index is -0.294. The van der Waals surface area contributed by atoms with E-state index in [2.05, 4.69) is 26.6 Å². The number of H-pyrrole nitrogens is 1. The molecule has 5 nitrogen and oxygen atoms in total. The second-order valence-corrected chi connectivity index (χ2v) is 5.17. The predicted octanol–water partition coefficient (Wildman–Crippen LogP) is 3.80. The van der Waals surface area contributed by atoms with Crippen LogP contribution in [0.3, 0.4) is 0 Å². The molecule has 3 rings (SSSR count). The van der Waals surface area contributed by atoms with Gasteiger partial charge in [-0.3, -0.25) is 5.10 Å². The van der Waals surface area contributed by atoms with Crippen molar-refractivity contribution in [3.8, 4) is 6.07 Å². The Morgan fingerprint density at radius 1 is 1.36 bits per heavy atom. The average molecular weight is 316 g/mol. The highest BCUT2D eigenvalue weighted by molar-refractivity contribution is 6.31. The Morgan fingerprint density at radius 3 is 2.77 bits per heavy atom. The van der Waals surface area contributed by atoms with Gasteiger partial charge in [-0.05, 0) is 24.6 Å². The van der Waals surface area contributed by atoms with Gasteiger partial charge in [-0.2, -0.15) is 10.4 Å². The first kappa shape index (κ1) is 14.3. The van der Waals surface area contributed by atoms with Crippen LogP contribution in [0.1, 0.15) is 24.1 Å². The number of fused-ring (bicyclic) bond motifs is 1. The highest BCUT2D eigenvalue weighted by Crippen LogP contribution is 2.32. The highest BCUT2D eigenvalue weighted by atomic mass is 35.5. The van der Waals surface area contributed by atoms with E-state index in [1.165, 1.54) is 12.1 Å². The van der Waals surface area contributed by atoms with Gasteiger partial charge in [-0.1, -0.05) is 23.7 Å². The Balaban J connectivity index is 2.04. The lowest BCUT2D eigenvalue weighted by Crippen LogP contribution is -2.09. The minimum Gasteiger partial charge on any atom is -0.377 e. The lowest BCUT2D eigenvalue weighted by Gasteiger charge is -2.17. The van der Waals surface area contributed by atoms with Gasteiger partial charge >= 0.3 is 0 Å². The molecule has 0 aliphatic rings. The van der Waals surface area contributed by atoms with Crippen LogP contribution in [0.25, 0.3) is 11.0 Å². The fraction of sp³-hybridized carbons (Fsp3) is 0.133. The third kappa shape index (κ3) is 2.47. The molecular formula is C15H11ClFN5. The number of anilines is 1. The molecule has 0 bridgehead atoms. The Kier molecular flexibility index (Phi) is 3.65. The van der Waals surface area contributed by atoms with E-state index in [1.54, 1.807) is 18.3 Å². The smallest absolute Gasteiger partial charge is 0.159 e. The number of nitriles is 1. The van der Waals surface area contributed by atoms with Crippen molar-refractivity contribution in [3.05, 3.63) is 52.6 Å². The molecule has 1 atom stereocenters. The molecule has 0 amide bonds. The van der Waals surface area contributed by atoms with Gasteiger partial charge in [0.15, 0.2) is 10.8 Å². The van der Waals surface area contributed by atoms with Gasteiger partial charge in [-0.25, -0.2) is 9.37 Å². The molecular weight excluding hydrogens is 305 g/mol. The van der Waals surface area contributed by atoms with Gasteiger partial charge in [0.1, 0.15) is 17.4 Å². The molecule has 110 valence electrons. The van der Waals surface area contributed by atoms with Crippen LogP contribution in [0.4, 0.5) is 10.1 Å². The van der Waals surface area contributed by atoms with Crippen LogP contribution in [0.15, 0.2) is 30.5 Å². The normalized spacial score (nSPS) is 12.1. The van der Waals surface area contributed by atoms with Crippen LogP contribution < -0.4 is 5.32 Å². The van der Waals surface area contributed by atoms with E-state index in [0.29, 0.717) is 16.7 Å². The van der Waals surface area contributed by atoms with Crippen molar-refractivity contribution < 1.29 is 4.39 Å². The molecule has 0 spiro atoms. The molecule has 0 radical (unpaired) electrons. The second kappa shape index (κ2) is 5.62. The Morgan fingerprint density at radius 2 is 2.09 bits per heavy atom. The summed E-state index contributed by atoms with van der Waals surface area (Å²) in [6, 6.07) is 8.07. The van der Waals surface area contributed by atoms with Crippen LogP contribution in [0.2, 0.25) is 5.15 Å². The maximum absolute atomic E-state index is 13.0. The summed E-state index contributed by atoms with van der Waals surface area (Å²) in [7, 11) is 0. The quantitative estimate of drug-likeness (QED) is 0.721. The summed E-state index contributed by atoms with van der Waals surface area (Å²) in [6.45, 7) is 1.91. The summed E-state index contributed by atoms with van der Waals surface area (Å²) in [6.07, 6.45) is 1.58. The Labute approximate surface area is 130 Å². The first-order valence-corrected chi connectivity index (χ1v) is 6.92. The Hall–Kier alpha value is -2.65. The molecule has 2 N–H and O–H groups in total. The standard InChI is InChI=1S/C15H11ClFN5/c1-8(9-2-4-10(17)5-3-9)20-13-11(6-18)14(16)21-15-12(13)7-19-22-15/h2-5,7-8H,1H3,(H2,19,20,21,22)/t8-/m0/s1. The van der Waals surface area contributed by atoms with Crippen molar-refractivity contribution in [3.63, 3.8) is 0 Å². The molecule has 0 unspecified atom stereocenters. The van der Waals surface area contributed by atoms with E-state index in [0.717, 1.165) is 5.56 Å². The zero-order chi connectivity index (χ0) is 15.7. The first-order chi connectivity index (χ1) is 10.6. The molecule has 0 saturated carbocycles. The van der Waals surface area contributed by atoms with Gasteiger partial charge < -0.3 is 5.32 Å². The third-order valence-corrected chi connectivity index (χ3v) is 3.67. The predicted molar refractivity (Wildman–Crippen MR) is 82.1 cm³/mol. The zero-order valence-electron chi connectivity index (χ0n) is 11.6. The van der Waals surface area contributed by atoms with E-state index >= 15 is 0 Å². The number of nitrogens with one attached hydrogen (secondary N) is 2. The summed E-state index contributed by atoms with van der Waals surface area (Å²) in [5, 5.41) is 20.0. The van der Waals surface area contributed by atoms with Gasteiger partial charge in [0.2, 0.25) is 0 Å². The van der Waals surface area contributed by atoms with Crippen molar-refractivity contribution in [2.45, 2.75) is 13.0 Å². The summed E-state index contributed by atoms with van der Waals surface area (Å²) in [4.78, 5) is 4.09. The van der Waals surface area contributed by atoms with Crippen molar-refractivity contribution in [2.24, 2.45) is 0 Å². The largest absolute Gasteiger partial charge is 0.377 e. The maximum Gasteiger partial charge on any atom is 0.159 e. The number of rotatable bonds is 3. The van der Waals surface area contributed by atoms with Crippen molar-refractivity contribution in [2.75, 3.05) is 5.32 Å². The number of aromatic nitrogens is 3. The molecule has 1 aromatic carbocycles. The third-order valence-electron chi connectivity index (χ3n) is 3.40. The summed E-state index contributed by atoms with van der Waals surface area (Å²) < 4.78 is 13.0. The summed E-state index contributed by atoms with van der Waals surface area (Å²) >= 11 is 6.04. The molecule has 7 heteroatoms. The Bertz CT molecular complexity index is 866. The molecule has 2 heterocycles. The number of nitrogens with zero attached hydrogens (tertiary/aromatic N) is 3. The van der Waals surface area contributed by atoms with Crippen LogP contribution in [-0.4, -0.2) is 15.2 Å². The van der Waals surface area contributed by atoms with Crippen LogP contribution in [0.5, 0.6) is 0 Å². The molecule has 3 aromatic rings. The van der Waals surface area contributed by atoms with Crippen LogP contribution >= 0.6 is 11.6 Å². The number of hydrogen-bond donors (Lipinski definition) is 2. The topological polar surface area (TPSA) is 77.4 Å². The molecule has 22 heavy (non-hydrogen) atoms. The molecule has 0 aliphatic heterocycles. The van der Waals surface area contributed by atoms with E-state index in [1.807, 2.05) is 6.92 Å². The summed E-state index contributed by atoms with van der Waals surface area (Å²) in [5.41, 5.74) is 2.19. The van der Waals surface area contributed by atoms with Crippen molar-refractivity contribution in [1.29, 1.82) is 5.26 Å². The molecule has 0 fully saturated rings. The highest BCUT2D eigenvalue weighted by Gasteiger charge is 2.17. The van der Waals surface area contributed by atoms with E-state index in [9.17, 15) is 9.65 Å².